The highest BCUT2D eigenvalue weighted by Gasteiger charge is 2.00. The summed E-state index contributed by atoms with van der Waals surface area (Å²) in [7, 11) is 0. The van der Waals surface area contributed by atoms with E-state index >= 15 is 0 Å². The van der Waals surface area contributed by atoms with E-state index in [1.807, 2.05) is 0 Å². The molecule has 0 radical (unpaired) electrons. The molecule has 72 valence electrons. The monoisotopic (exact) mass is 184 g/mol. The Morgan fingerprint density at radius 3 is 2.79 bits per heavy atom. The summed E-state index contributed by atoms with van der Waals surface area (Å²) < 4.78 is 0. The Kier molecular flexibility index (Phi) is 3.24. The van der Waals surface area contributed by atoms with E-state index in [9.17, 15) is 0 Å². The van der Waals surface area contributed by atoms with Crippen molar-refractivity contribution >= 4 is 0 Å². The van der Waals surface area contributed by atoms with Crippen LogP contribution in [0.2, 0.25) is 0 Å². The zero-order chi connectivity index (χ0) is 9.64. The van der Waals surface area contributed by atoms with E-state index in [1.54, 1.807) is 0 Å². The maximum Gasteiger partial charge on any atom is 0.0277 e. The first-order valence-corrected chi connectivity index (χ1v) is 5.53. The van der Waals surface area contributed by atoms with Gasteiger partial charge >= 0.3 is 0 Å². The van der Waals surface area contributed by atoms with Crippen LogP contribution in [0.5, 0.6) is 0 Å². The first-order valence-electron chi connectivity index (χ1n) is 5.53. The summed E-state index contributed by atoms with van der Waals surface area (Å²) in [5.41, 5.74) is 2.68. The van der Waals surface area contributed by atoms with E-state index in [0.29, 0.717) is 0 Å². The van der Waals surface area contributed by atoms with E-state index < -0.39 is 0 Å². The standard InChI is InChI=1S/C14H16/c1-2-4-6-10-14-12-8-7-11-13(14)9-5-3-1/h7-8,11-12H,1-5,9H2. The van der Waals surface area contributed by atoms with Crippen molar-refractivity contribution in [3.63, 3.8) is 0 Å². The van der Waals surface area contributed by atoms with Crippen molar-refractivity contribution in [2.45, 2.75) is 38.5 Å². The number of fused-ring (bicyclic) bond motifs is 1. The van der Waals surface area contributed by atoms with Crippen molar-refractivity contribution in [1.82, 2.24) is 0 Å². The molecule has 1 aliphatic rings. The average molecular weight is 184 g/mol. The van der Waals surface area contributed by atoms with Crippen molar-refractivity contribution in [1.29, 1.82) is 0 Å². The van der Waals surface area contributed by atoms with Crippen LogP contribution in [0.3, 0.4) is 0 Å². The minimum absolute atomic E-state index is 1.06. The van der Waals surface area contributed by atoms with Gasteiger partial charge in [-0.3, -0.25) is 0 Å². The predicted octanol–water partition coefficient (Wildman–Crippen LogP) is 3.54. The molecule has 0 heterocycles. The fraction of sp³-hybridized carbons (Fsp3) is 0.429. The van der Waals surface area contributed by atoms with E-state index in [4.69, 9.17) is 0 Å². The summed E-state index contributed by atoms with van der Waals surface area (Å²) in [4.78, 5) is 0. The third kappa shape index (κ3) is 2.39. The van der Waals surface area contributed by atoms with Crippen molar-refractivity contribution in [2.24, 2.45) is 0 Å². The van der Waals surface area contributed by atoms with E-state index in [-0.39, 0.29) is 0 Å². The van der Waals surface area contributed by atoms with E-state index in [2.05, 4.69) is 36.1 Å². The Balaban J connectivity index is 2.26. The molecular weight excluding hydrogens is 168 g/mol. The average Bonchev–Trinajstić information content (AvgIpc) is 2.25. The highest BCUT2D eigenvalue weighted by Crippen LogP contribution is 2.14. The number of aryl methyl sites for hydroxylation is 1. The van der Waals surface area contributed by atoms with Crippen molar-refractivity contribution in [3.8, 4) is 11.8 Å². The summed E-state index contributed by atoms with van der Waals surface area (Å²) in [6.07, 6.45) is 7.56. The van der Waals surface area contributed by atoms with Gasteiger partial charge in [-0.1, -0.05) is 42.9 Å². The lowest BCUT2D eigenvalue weighted by molar-refractivity contribution is 0.648. The van der Waals surface area contributed by atoms with Crippen molar-refractivity contribution in [3.05, 3.63) is 35.4 Å². The Morgan fingerprint density at radius 1 is 0.929 bits per heavy atom. The zero-order valence-electron chi connectivity index (χ0n) is 8.55. The molecule has 0 N–H and O–H groups in total. The molecule has 1 aliphatic carbocycles. The number of benzene rings is 1. The first kappa shape index (κ1) is 9.34. The summed E-state index contributed by atoms with van der Waals surface area (Å²) in [5.74, 6) is 6.54. The Hall–Kier alpha value is -1.22. The van der Waals surface area contributed by atoms with Crippen LogP contribution in [-0.4, -0.2) is 0 Å². The third-order valence-corrected chi connectivity index (χ3v) is 2.74. The first-order chi connectivity index (χ1) is 6.97. The van der Waals surface area contributed by atoms with Gasteiger partial charge in [0.25, 0.3) is 0 Å². The topological polar surface area (TPSA) is 0 Å². The fourth-order valence-electron chi connectivity index (χ4n) is 1.90. The smallest absolute Gasteiger partial charge is 0.0277 e. The van der Waals surface area contributed by atoms with Gasteiger partial charge in [-0.2, -0.15) is 0 Å². The normalized spacial score (nSPS) is 16.3. The number of hydrogen-bond donors (Lipinski definition) is 0. The number of hydrogen-bond acceptors (Lipinski definition) is 0. The van der Waals surface area contributed by atoms with Crippen molar-refractivity contribution in [2.75, 3.05) is 0 Å². The Morgan fingerprint density at radius 2 is 1.79 bits per heavy atom. The molecule has 0 atom stereocenters. The molecule has 0 aromatic heterocycles. The molecule has 0 heteroatoms. The molecule has 1 aromatic rings. The summed E-state index contributed by atoms with van der Waals surface area (Å²) in [5, 5.41) is 0. The zero-order valence-corrected chi connectivity index (χ0v) is 8.55. The number of rotatable bonds is 0. The highest BCUT2D eigenvalue weighted by molar-refractivity contribution is 5.41. The molecule has 0 nitrogen and oxygen atoms in total. The van der Waals surface area contributed by atoms with Crippen LogP contribution in [0.15, 0.2) is 24.3 Å². The molecule has 1 aromatic carbocycles. The lowest BCUT2D eigenvalue weighted by atomic mass is 9.99. The lowest BCUT2D eigenvalue weighted by Crippen LogP contribution is -1.92. The third-order valence-electron chi connectivity index (χ3n) is 2.74. The fourth-order valence-corrected chi connectivity index (χ4v) is 1.90. The van der Waals surface area contributed by atoms with Crippen LogP contribution in [-0.2, 0) is 6.42 Å². The molecule has 14 heavy (non-hydrogen) atoms. The van der Waals surface area contributed by atoms with Gasteiger partial charge in [-0.15, -0.1) is 0 Å². The summed E-state index contributed by atoms with van der Waals surface area (Å²) in [6.45, 7) is 0. The maximum atomic E-state index is 3.28. The van der Waals surface area contributed by atoms with Gasteiger partial charge in [0.2, 0.25) is 0 Å². The molecule has 2 rings (SSSR count). The van der Waals surface area contributed by atoms with Gasteiger partial charge in [-0.25, -0.2) is 0 Å². The molecular formula is C14H16. The molecule has 0 spiro atoms. The second kappa shape index (κ2) is 4.86. The second-order valence-corrected chi connectivity index (χ2v) is 3.87. The molecule has 0 fully saturated rings. The van der Waals surface area contributed by atoms with Crippen LogP contribution in [0.4, 0.5) is 0 Å². The summed E-state index contributed by atoms with van der Waals surface area (Å²) >= 11 is 0. The Labute approximate surface area is 86.3 Å². The van der Waals surface area contributed by atoms with Crippen LogP contribution in [0, 0.1) is 11.8 Å². The molecule has 0 amide bonds. The van der Waals surface area contributed by atoms with Crippen LogP contribution in [0.1, 0.15) is 43.2 Å². The van der Waals surface area contributed by atoms with Gasteiger partial charge in [0.05, 0.1) is 0 Å². The largest absolute Gasteiger partial charge is 0.0979 e. The minimum Gasteiger partial charge on any atom is -0.0979 e. The van der Waals surface area contributed by atoms with Crippen LogP contribution >= 0.6 is 0 Å². The predicted molar refractivity (Wildman–Crippen MR) is 60.1 cm³/mol. The Bertz CT molecular complexity index is 352. The second-order valence-electron chi connectivity index (χ2n) is 3.87. The maximum absolute atomic E-state index is 3.28. The molecule has 0 aliphatic heterocycles. The van der Waals surface area contributed by atoms with Gasteiger partial charge in [0.1, 0.15) is 0 Å². The molecule has 0 bridgehead atoms. The molecule has 0 unspecified atom stereocenters. The van der Waals surface area contributed by atoms with E-state index in [1.165, 1.54) is 43.2 Å². The van der Waals surface area contributed by atoms with Crippen LogP contribution in [0.25, 0.3) is 0 Å². The van der Waals surface area contributed by atoms with Crippen molar-refractivity contribution < 1.29 is 0 Å². The summed E-state index contributed by atoms with van der Waals surface area (Å²) in [6, 6.07) is 8.56. The van der Waals surface area contributed by atoms with Gasteiger partial charge in [0.15, 0.2) is 0 Å². The quantitative estimate of drug-likeness (QED) is 0.541. The molecule has 0 saturated carbocycles. The van der Waals surface area contributed by atoms with E-state index in [0.717, 1.165) is 6.42 Å². The van der Waals surface area contributed by atoms with Crippen LogP contribution < -0.4 is 0 Å². The SMILES string of the molecule is C1#Cc2ccccc2CCCCCC1. The minimum atomic E-state index is 1.06. The van der Waals surface area contributed by atoms with Gasteiger partial charge in [0, 0.05) is 12.0 Å². The molecule has 0 saturated heterocycles. The highest BCUT2D eigenvalue weighted by atomic mass is 14.0. The lowest BCUT2D eigenvalue weighted by Gasteiger charge is -2.05. The van der Waals surface area contributed by atoms with Gasteiger partial charge < -0.3 is 0 Å². The van der Waals surface area contributed by atoms with Gasteiger partial charge in [-0.05, 0) is 30.9 Å².